The molecule has 0 N–H and O–H groups in total. The first-order valence-electron chi connectivity index (χ1n) is 10.8. The van der Waals surface area contributed by atoms with Gasteiger partial charge in [0.1, 0.15) is 11.4 Å². The summed E-state index contributed by atoms with van der Waals surface area (Å²) in [6, 6.07) is 10.6. The van der Waals surface area contributed by atoms with Crippen LogP contribution in [0.25, 0.3) is 16.8 Å². The Balaban J connectivity index is 1.41. The van der Waals surface area contributed by atoms with Gasteiger partial charge in [-0.15, -0.1) is 0 Å². The summed E-state index contributed by atoms with van der Waals surface area (Å²) in [6.07, 6.45) is 7.09. The molecule has 6 nitrogen and oxygen atoms in total. The van der Waals surface area contributed by atoms with Gasteiger partial charge in [-0.25, -0.2) is 13.9 Å². The van der Waals surface area contributed by atoms with Gasteiger partial charge in [0, 0.05) is 42.8 Å². The minimum Gasteiger partial charge on any atom is -0.338 e. The van der Waals surface area contributed by atoms with Crippen molar-refractivity contribution in [3.8, 4) is 11.1 Å². The van der Waals surface area contributed by atoms with Gasteiger partial charge in [0.25, 0.3) is 5.91 Å². The fourth-order valence-electron chi connectivity index (χ4n) is 4.40. The topological polar surface area (TPSA) is 63.4 Å². The number of carbonyl (C=O) groups is 1. The van der Waals surface area contributed by atoms with E-state index in [0.29, 0.717) is 24.3 Å². The van der Waals surface area contributed by atoms with Gasteiger partial charge in [0.2, 0.25) is 0 Å². The molecule has 3 aromatic heterocycles. The van der Waals surface area contributed by atoms with Crippen LogP contribution in [-0.4, -0.2) is 43.5 Å². The Bertz CT molecular complexity index is 1300. The molecule has 1 aliphatic rings. The van der Waals surface area contributed by atoms with Crippen molar-refractivity contribution in [1.82, 2.24) is 24.5 Å². The molecule has 4 heterocycles. The predicted octanol–water partition coefficient (Wildman–Crippen LogP) is 4.57. The van der Waals surface area contributed by atoms with E-state index in [0.717, 1.165) is 40.9 Å². The summed E-state index contributed by atoms with van der Waals surface area (Å²) in [6.45, 7) is 5.21. The molecule has 32 heavy (non-hydrogen) atoms. The van der Waals surface area contributed by atoms with E-state index in [9.17, 15) is 9.18 Å². The molecule has 0 bridgehead atoms. The Kier molecular flexibility index (Phi) is 5.17. The number of hydrogen-bond acceptors (Lipinski definition) is 4. The molecule has 0 saturated carbocycles. The van der Waals surface area contributed by atoms with E-state index >= 15 is 0 Å². The van der Waals surface area contributed by atoms with E-state index in [4.69, 9.17) is 4.98 Å². The summed E-state index contributed by atoms with van der Waals surface area (Å²) in [5.74, 6) is -0.158. The number of piperidine rings is 1. The summed E-state index contributed by atoms with van der Waals surface area (Å²) in [4.78, 5) is 24.4. The van der Waals surface area contributed by atoms with Crippen LogP contribution in [0.1, 0.15) is 46.1 Å². The van der Waals surface area contributed by atoms with Crippen LogP contribution in [0.5, 0.6) is 0 Å². The molecule has 4 aromatic rings. The zero-order chi connectivity index (χ0) is 22.2. The Morgan fingerprint density at radius 1 is 1.09 bits per heavy atom. The molecule has 1 aromatic carbocycles. The predicted molar refractivity (Wildman–Crippen MR) is 120 cm³/mol. The standard InChI is InChI=1S/C25H24FN5O/c1-16-12-27-24-22(13-28-31(24)14-16)25(32)30-9-3-4-19(15-30)23-11-20(10-17(2)29-23)18-5-7-21(26)8-6-18/h5-8,10-14,19H,3-4,9,15H2,1-2H3/t19-/m1/s1. The Morgan fingerprint density at radius 3 is 2.72 bits per heavy atom. The highest BCUT2D eigenvalue weighted by molar-refractivity contribution is 5.99. The molecule has 0 unspecified atom stereocenters. The van der Waals surface area contributed by atoms with Gasteiger partial charge in [-0.1, -0.05) is 12.1 Å². The van der Waals surface area contributed by atoms with E-state index in [1.165, 1.54) is 12.1 Å². The lowest BCUT2D eigenvalue weighted by molar-refractivity contribution is 0.0707. The van der Waals surface area contributed by atoms with Crippen molar-refractivity contribution in [2.24, 2.45) is 0 Å². The van der Waals surface area contributed by atoms with E-state index in [1.807, 2.05) is 31.0 Å². The summed E-state index contributed by atoms with van der Waals surface area (Å²) in [7, 11) is 0. The average Bonchev–Trinajstić information content (AvgIpc) is 3.21. The zero-order valence-electron chi connectivity index (χ0n) is 18.1. The number of amides is 1. The Morgan fingerprint density at radius 2 is 1.91 bits per heavy atom. The van der Waals surface area contributed by atoms with Crippen molar-refractivity contribution >= 4 is 11.6 Å². The van der Waals surface area contributed by atoms with Crippen LogP contribution in [0.4, 0.5) is 4.39 Å². The van der Waals surface area contributed by atoms with Gasteiger partial charge in [-0.05, 0) is 67.6 Å². The molecule has 1 aliphatic heterocycles. The number of hydrogen-bond donors (Lipinski definition) is 0. The quantitative estimate of drug-likeness (QED) is 0.479. The number of likely N-dealkylation sites (tertiary alicyclic amines) is 1. The molecular weight excluding hydrogens is 405 g/mol. The third kappa shape index (κ3) is 3.86. The monoisotopic (exact) mass is 429 g/mol. The summed E-state index contributed by atoms with van der Waals surface area (Å²) in [5.41, 5.74) is 5.93. The van der Waals surface area contributed by atoms with E-state index in [-0.39, 0.29) is 17.6 Å². The highest BCUT2D eigenvalue weighted by atomic mass is 19.1. The van der Waals surface area contributed by atoms with E-state index < -0.39 is 0 Å². The van der Waals surface area contributed by atoms with Crippen LogP contribution in [0, 0.1) is 19.7 Å². The second-order valence-electron chi connectivity index (χ2n) is 8.48. The lowest BCUT2D eigenvalue weighted by atomic mass is 9.92. The van der Waals surface area contributed by atoms with Crippen molar-refractivity contribution in [2.75, 3.05) is 13.1 Å². The molecular formula is C25H24FN5O. The first-order chi connectivity index (χ1) is 15.5. The van der Waals surface area contributed by atoms with E-state index in [1.54, 1.807) is 29.0 Å². The second kappa shape index (κ2) is 8.15. The van der Waals surface area contributed by atoms with Crippen LogP contribution < -0.4 is 0 Å². The van der Waals surface area contributed by atoms with Crippen LogP contribution in [0.3, 0.4) is 0 Å². The molecule has 0 radical (unpaired) electrons. The molecule has 0 aliphatic carbocycles. The van der Waals surface area contributed by atoms with Gasteiger partial charge >= 0.3 is 0 Å². The normalized spacial score (nSPS) is 16.5. The minimum atomic E-state index is -0.251. The van der Waals surface area contributed by atoms with Gasteiger partial charge in [-0.3, -0.25) is 9.78 Å². The van der Waals surface area contributed by atoms with Gasteiger partial charge in [0.15, 0.2) is 5.65 Å². The van der Waals surface area contributed by atoms with Crippen LogP contribution in [0.2, 0.25) is 0 Å². The van der Waals surface area contributed by atoms with Crippen molar-refractivity contribution < 1.29 is 9.18 Å². The molecule has 7 heteroatoms. The lowest BCUT2D eigenvalue weighted by Gasteiger charge is -2.32. The smallest absolute Gasteiger partial charge is 0.259 e. The number of pyridine rings is 1. The molecule has 5 rings (SSSR count). The largest absolute Gasteiger partial charge is 0.338 e. The maximum Gasteiger partial charge on any atom is 0.259 e. The van der Waals surface area contributed by atoms with Crippen molar-refractivity contribution in [1.29, 1.82) is 0 Å². The minimum absolute atomic E-state index is 0.0486. The number of benzene rings is 1. The lowest BCUT2D eigenvalue weighted by Crippen LogP contribution is -2.39. The van der Waals surface area contributed by atoms with Gasteiger partial charge < -0.3 is 4.90 Å². The number of carbonyl (C=O) groups excluding carboxylic acids is 1. The van der Waals surface area contributed by atoms with E-state index in [2.05, 4.69) is 16.1 Å². The highest BCUT2D eigenvalue weighted by Gasteiger charge is 2.28. The van der Waals surface area contributed by atoms with Crippen molar-refractivity contribution in [3.05, 3.63) is 83.3 Å². The summed E-state index contributed by atoms with van der Waals surface area (Å²) < 4.78 is 15.0. The average molecular weight is 429 g/mol. The fraction of sp³-hybridized carbons (Fsp3) is 0.280. The molecule has 1 atom stereocenters. The van der Waals surface area contributed by atoms with Crippen molar-refractivity contribution in [3.63, 3.8) is 0 Å². The number of nitrogens with zero attached hydrogens (tertiary/aromatic N) is 5. The number of halogens is 1. The van der Waals surface area contributed by atoms with Crippen LogP contribution in [0.15, 0.2) is 55.0 Å². The summed E-state index contributed by atoms with van der Waals surface area (Å²) >= 11 is 0. The maximum absolute atomic E-state index is 13.3. The number of aromatic nitrogens is 4. The molecule has 1 saturated heterocycles. The number of fused-ring (bicyclic) bond motifs is 1. The molecule has 0 spiro atoms. The Labute approximate surface area is 185 Å². The van der Waals surface area contributed by atoms with Gasteiger partial charge in [-0.2, -0.15) is 5.10 Å². The third-order valence-corrected chi connectivity index (χ3v) is 5.99. The van der Waals surface area contributed by atoms with Crippen LogP contribution in [-0.2, 0) is 0 Å². The van der Waals surface area contributed by atoms with Crippen LogP contribution >= 0.6 is 0 Å². The molecule has 1 fully saturated rings. The number of rotatable bonds is 3. The molecule has 162 valence electrons. The summed E-state index contributed by atoms with van der Waals surface area (Å²) in [5, 5.41) is 4.30. The third-order valence-electron chi connectivity index (χ3n) is 5.99. The SMILES string of the molecule is Cc1cnc2c(C(=O)N3CCC[C@@H](c4cc(-c5ccc(F)cc5)cc(C)n4)C3)cnn2c1. The Hall–Kier alpha value is -3.61. The number of aryl methyl sites for hydroxylation is 2. The maximum atomic E-state index is 13.3. The molecule has 1 amide bonds. The van der Waals surface area contributed by atoms with Crippen molar-refractivity contribution in [2.45, 2.75) is 32.6 Å². The second-order valence-corrected chi connectivity index (χ2v) is 8.48. The highest BCUT2D eigenvalue weighted by Crippen LogP contribution is 2.30. The van der Waals surface area contributed by atoms with Gasteiger partial charge in [0.05, 0.1) is 6.20 Å². The fourth-order valence-corrected chi connectivity index (χ4v) is 4.40. The zero-order valence-corrected chi connectivity index (χ0v) is 18.1. The first-order valence-corrected chi connectivity index (χ1v) is 10.8. The first kappa shape index (κ1) is 20.3.